The molecule has 118 valence electrons. The number of hydrogen-bond donors (Lipinski definition) is 2. The molecule has 22 heavy (non-hydrogen) atoms. The van der Waals surface area contributed by atoms with E-state index in [2.05, 4.69) is 39.8 Å². The van der Waals surface area contributed by atoms with Gasteiger partial charge in [-0.25, -0.2) is 0 Å². The number of phenolic OH excluding ortho intramolecular Hbond substituents is 2. The molecule has 0 aliphatic carbocycles. The first-order valence-electron chi connectivity index (χ1n) is 7.90. The Bertz CT molecular complexity index is 656. The van der Waals surface area contributed by atoms with Crippen molar-refractivity contribution in [2.45, 2.75) is 52.9 Å². The maximum Gasteiger partial charge on any atom is 0.127 e. The number of phenols is 2. The summed E-state index contributed by atoms with van der Waals surface area (Å²) in [4.78, 5) is 0. The van der Waals surface area contributed by atoms with E-state index in [1.165, 1.54) is 0 Å². The van der Waals surface area contributed by atoms with Gasteiger partial charge in [-0.3, -0.25) is 0 Å². The second-order valence-electron chi connectivity index (χ2n) is 7.06. The van der Waals surface area contributed by atoms with Crippen LogP contribution in [0, 0.1) is 6.92 Å². The maximum atomic E-state index is 10.5. The molecule has 0 spiro atoms. The highest BCUT2D eigenvalue weighted by Crippen LogP contribution is 2.43. The molecular formula is C20H26O2. The van der Waals surface area contributed by atoms with E-state index in [-0.39, 0.29) is 16.9 Å². The fourth-order valence-electron chi connectivity index (χ4n) is 2.90. The average molecular weight is 298 g/mol. The van der Waals surface area contributed by atoms with Gasteiger partial charge >= 0.3 is 0 Å². The molecule has 0 radical (unpaired) electrons. The van der Waals surface area contributed by atoms with Gasteiger partial charge in [0, 0.05) is 0 Å². The second kappa shape index (κ2) is 6.04. The molecule has 0 fully saturated rings. The highest BCUT2D eigenvalue weighted by atomic mass is 16.3. The Morgan fingerprint density at radius 1 is 0.955 bits per heavy atom. The molecule has 0 aliphatic heterocycles. The zero-order valence-corrected chi connectivity index (χ0v) is 14.2. The number of aromatic hydroxyl groups is 2. The predicted molar refractivity (Wildman–Crippen MR) is 92.6 cm³/mol. The lowest BCUT2D eigenvalue weighted by atomic mass is 9.80. The summed E-state index contributed by atoms with van der Waals surface area (Å²) in [5.74, 6) is 0.305. The highest BCUT2D eigenvalue weighted by Gasteiger charge is 2.22. The number of hydrogen-bond acceptors (Lipinski definition) is 2. The lowest BCUT2D eigenvalue weighted by molar-refractivity contribution is 0.452. The van der Waals surface area contributed by atoms with Gasteiger partial charge in [0.25, 0.3) is 0 Å². The standard InChI is InChI=1S/C20H26O2/c1-6-7-14-11-17(21)19(18(22)12-14)15-10-13(2)8-9-16(15)20(3,4)5/h8-12,21-22H,6-7H2,1-5H3. The lowest BCUT2D eigenvalue weighted by Gasteiger charge is -2.24. The summed E-state index contributed by atoms with van der Waals surface area (Å²) in [6, 6.07) is 9.74. The molecule has 0 atom stereocenters. The molecule has 0 aliphatic rings. The van der Waals surface area contributed by atoms with Crippen LogP contribution in [0.3, 0.4) is 0 Å². The van der Waals surface area contributed by atoms with Crippen LogP contribution < -0.4 is 0 Å². The summed E-state index contributed by atoms with van der Waals surface area (Å²) < 4.78 is 0. The zero-order chi connectivity index (χ0) is 16.5. The van der Waals surface area contributed by atoms with E-state index in [1.54, 1.807) is 12.1 Å². The minimum absolute atomic E-state index is 0.0655. The Hall–Kier alpha value is -1.96. The van der Waals surface area contributed by atoms with Gasteiger partial charge in [0.05, 0.1) is 5.56 Å². The highest BCUT2D eigenvalue weighted by molar-refractivity contribution is 5.80. The van der Waals surface area contributed by atoms with Gasteiger partial charge in [-0.05, 0) is 47.6 Å². The first-order chi connectivity index (χ1) is 10.2. The number of rotatable bonds is 3. The Morgan fingerprint density at radius 2 is 1.55 bits per heavy atom. The molecule has 2 heteroatoms. The third kappa shape index (κ3) is 3.27. The molecular weight excluding hydrogens is 272 g/mol. The van der Waals surface area contributed by atoms with Gasteiger partial charge in [0.15, 0.2) is 0 Å². The van der Waals surface area contributed by atoms with Crippen LogP contribution in [-0.2, 0) is 11.8 Å². The van der Waals surface area contributed by atoms with Crippen molar-refractivity contribution < 1.29 is 10.2 Å². The van der Waals surface area contributed by atoms with E-state index < -0.39 is 0 Å². The molecule has 0 bridgehead atoms. The van der Waals surface area contributed by atoms with E-state index in [0.717, 1.165) is 35.1 Å². The smallest absolute Gasteiger partial charge is 0.127 e. The first-order valence-corrected chi connectivity index (χ1v) is 7.90. The van der Waals surface area contributed by atoms with Crippen molar-refractivity contribution in [2.24, 2.45) is 0 Å². The van der Waals surface area contributed by atoms with Gasteiger partial charge < -0.3 is 10.2 Å². The van der Waals surface area contributed by atoms with Crippen LogP contribution in [0.25, 0.3) is 11.1 Å². The quantitative estimate of drug-likeness (QED) is 0.804. The monoisotopic (exact) mass is 298 g/mol. The van der Waals surface area contributed by atoms with E-state index >= 15 is 0 Å². The molecule has 0 saturated heterocycles. The van der Waals surface area contributed by atoms with E-state index in [9.17, 15) is 10.2 Å². The molecule has 2 aromatic rings. The molecule has 0 saturated carbocycles. The van der Waals surface area contributed by atoms with Gasteiger partial charge in [-0.15, -0.1) is 0 Å². The van der Waals surface area contributed by atoms with Crippen molar-refractivity contribution in [1.29, 1.82) is 0 Å². The third-order valence-corrected chi connectivity index (χ3v) is 3.95. The van der Waals surface area contributed by atoms with Gasteiger partial charge in [-0.1, -0.05) is 57.9 Å². The van der Waals surface area contributed by atoms with Crippen LogP contribution in [0.4, 0.5) is 0 Å². The molecule has 0 unspecified atom stereocenters. The summed E-state index contributed by atoms with van der Waals surface area (Å²) in [6.07, 6.45) is 1.83. The van der Waals surface area contributed by atoms with Gasteiger partial charge in [0.2, 0.25) is 0 Å². The predicted octanol–water partition coefficient (Wildman–Crippen LogP) is 5.32. The zero-order valence-electron chi connectivity index (χ0n) is 14.2. The summed E-state index contributed by atoms with van der Waals surface area (Å²) in [5, 5.41) is 20.9. The fraction of sp³-hybridized carbons (Fsp3) is 0.400. The van der Waals surface area contributed by atoms with E-state index in [0.29, 0.717) is 5.56 Å². The Balaban J connectivity index is 2.69. The normalized spacial score (nSPS) is 11.7. The van der Waals surface area contributed by atoms with Crippen LogP contribution in [-0.4, -0.2) is 10.2 Å². The Morgan fingerprint density at radius 3 is 2.05 bits per heavy atom. The van der Waals surface area contributed by atoms with Crippen molar-refractivity contribution >= 4 is 0 Å². The Labute approximate surface area is 133 Å². The van der Waals surface area contributed by atoms with Crippen molar-refractivity contribution in [3.63, 3.8) is 0 Å². The minimum atomic E-state index is -0.0655. The van der Waals surface area contributed by atoms with Gasteiger partial charge in [-0.2, -0.15) is 0 Å². The van der Waals surface area contributed by atoms with Crippen molar-refractivity contribution in [1.82, 2.24) is 0 Å². The molecule has 2 rings (SSSR count). The fourth-order valence-corrected chi connectivity index (χ4v) is 2.90. The van der Waals surface area contributed by atoms with Crippen LogP contribution in [0.15, 0.2) is 30.3 Å². The largest absolute Gasteiger partial charge is 0.507 e. The Kier molecular flexibility index (Phi) is 4.50. The minimum Gasteiger partial charge on any atom is -0.507 e. The second-order valence-corrected chi connectivity index (χ2v) is 7.06. The van der Waals surface area contributed by atoms with E-state index in [4.69, 9.17) is 0 Å². The van der Waals surface area contributed by atoms with Crippen LogP contribution in [0.2, 0.25) is 0 Å². The van der Waals surface area contributed by atoms with Crippen LogP contribution in [0.1, 0.15) is 50.8 Å². The SMILES string of the molecule is CCCc1cc(O)c(-c2cc(C)ccc2C(C)(C)C)c(O)c1. The van der Waals surface area contributed by atoms with Crippen molar-refractivity contribution in [3.05, 3.63) is 47.0 Å². The lowest BCUT2D eigenvalue weighted by Crippen LogP contribution is -2.13. The summed E-state index contributed by atoms with van der Waals surface area (Å²) in [6.45, 7) is 10.5. The van der Waals surface area contributed by atoms with Crippen LogP contribution in [0.5, 0.6) is 11.5 Å². The molecule has 0 amide bonds. The topological polar surface area (TPSA) is 40.5 Å². The average Bonchev–Trinajstić information content (AvgIpc) is 2.36. The van der Waals surface area contributed by atoms with Gasteiger partial charge in [0.1, 0.15) is 11.5 Å². The van der Waals surface area contributed by atoms with E-state index in [1.807, 2.05) is 13.0 Å². The summed E-state index contributed by atoms with van der Waals surface area (Å²) in [5.41, 5.74) is 4.57. The summed E-state index contributed by atoms with van der Waals surface area (Å²) >= 11 is 0. The number of benzene rings is 2. The molecule has 0 aromatic heterocycles. The number of aryl methyl sites for hydroxylation is 2. The van der Waals surface area contributed by atoms with Crippen molar-refractivity contribution in [2.75, 3.05) is 0 Å². The molecule has 0 heterocycles. The molecule has 2 aromatic carbocycles. The third-order valence-electron chi connectivity index (χ3n) is 3.95. The first kappa shape index (κ1) is 16.4. The maximum absolute atomic E-state index is 10.5. The summed E-state index contributed by atoms with van der Waals surface area (Å²) in [7, 11) is 0. The van der Waals surface area contributed by atoms with Crippen molar-refractivity contribution in [3.8, 4) is 22.6 Å². The molecule has 2 nitrogen and oxygen atoms in total. The molecule has 2 N–H and O–H groups in total. The van der Waals surface area contributed by atoms with Crippen LogP contribution >= 0.6 is 0 Å².